The van der Waals surface area contributed by atoms with Gasteiger partial charge in [0.15, 0.2) is 0 Å². The molecule has 5 nitrogen and oxygen atoms in total. The largest absolute Gasteiger partial charge is 0.515 e. The highest BCUT2D eigenvalue weighted by Gasteiger charge is 2.40. The summed E-state index contributed by atoms with van der Waals surface area (Å²) < 4.78 is 0. The van der Waals surface area contributed by atoms with Crippen molar-refractivity contribution in [3.8, 4) is 0 Å². The van der Waals surface area contributed by atoms with Gasteiger partial charge < -0.3 is 15.8 Å². The van der Waals surface area contributed by atoms with Crippen molar-refractivity contribution in [1.29, 1.82) is 5.41 Å². The first-order valence-corrected chi connectivity index (χ1v) is 7.99. The van der Waals surface area contributed by atoms with Crippen molar-refractivity contribution in [2.45, 2.75) is 31.7 Å². The van der Waals surface area contributed by atoms with Crippen molar-refractivity contribution in [3.63, 3.8) is 0 Å². The number of hydrogen-bond donors (Lipinski definition) is 3. The Morgan fingerprint density at radius 3 is 2.65 bits per heavy atom. The fraction of sp³-hybridized carbons (Fsp3) is 0.389. The molecule has 0 saturated heterocycles. The van der Waals surface area contributed by atoms with Crippen LogP contribution in [0.5, 0.6) is 0 Å². The zero-order valence-electron chi connectivity index (χ0n) is 12.9. The van der Waals surface area contributed by atoms with Crippen LogP contribution in [0.1, 0.15) is 31.2 Å². The Morgan fingerprint density at radius 1 is 1.30 bits per heavy atom. The van der Waals surface area contributed by atoms with Crippen molar-refractivity contribution < 1.29 is 9.90 Å². The molecule has 3 unspecified atom stereocenters. The van der Waals surface area contributed by atoms with E-state index in [0.29, 0.717) is 11.5 Å². The van der Waals surface area contributed by atoms with Crippen molar-refractivity contribution in [2.75, 3.05) is 0 Å². The number of nitrogens with zero attached hydrogens (tertiary/aromatic N) is 1. The van der Waals surface area contributed by atoms with Crippen LogP contribution in [0.2, 0.25) is 0 Å². The second-order valence-electron chi connectivity index (χ2n) is 6.32. The molecular weight excluding hydrogens is 290 g/mol. The van der Waals surface area contributed by atoms with Gasteiger partial charge in [-0.25, -0.2) is 0 Å². The van der Waals surface area contributed by atoms with Crippen LogP contribution in [-0.4, -0.2) is 28.3 Å². The number of fused-ring (bicyclic) bond motifs is 2. The number of aliphatic hydroxyl groups is 1. The second kappa shape index (κ2) is 6.77. The Labute approximate surface area is 135 Å². The minimum absolute atomic E-state index is 0.170. The predicted molar refractivity (Wildman–Crippen MR) is 89.1 cm³/mol. The molecule has 2 aliphatic carbocycles. The van der Waals surface area contributed by atoms with E-state index < -0.39 is 0 Å². The predicted octanol–water partition coefficient (Wildman–Crippen LogP) is 2.86. The molecule has 2 bridgehead atoms. The highest BCUT2D eigenvalue weighted by atomic mass is 16.2. The van der Waals surface area contributed by atoms with Gasteiger partial charge in [-0.3, -0.25) is 9.78 Å². The van der Waals surface area contributed by atoms with E-state index in [4.69, 9.17) is 5.41 Å². The highest BCUT2D eigenvalue weighted by molar-refractivity contribution is 6.11. The summed E-state index contributed by atoms with van der Waals surface area (Å²) in [5.74, 6) is 1.05. The average Bonchev–Trinajstić information content (AvgIpc) is 3.19. The first-order chi connectivity index (χ1) is 11.2. The smallest absolute Gasteiger partial charge is 0.254 e. The zero-order chi connectivity index (χ0) is 16.2. The number of nitrogens with one attached hydrogen (secondary N) is 2. The molecule has 1 heterocycles. The molecule has 0 aliphatic heterocycles. The summed E-state index contributed by atoms with van der Waals surface area (Å²) in [6.45, 7) is 0. The van der Waals surface area contributed by atoms with Gasteiger partial charge in [0, 0.05) is 30.2 Å². The molecule has 3 rings (SSSR count). The van der Waals surface area contributed by atoms with Gasteiger partial charge in [0.2, 0.25) is 0 Å². The maximum absolute atomic E-state index is 12.4. The van der Waals surface area contributed by atoms with E-state index in [0.717, 1.165) is 24.2 Å². The van der Waals surface area contributed by atoms with Gasteiger partial charge in [-0.05, 0) is 54.9 Å². The first kappa shape index (κ1) is 15.5. The lowest BCUT2D eigenvalue weighted by Crippen LogP contribution is -2.39. The Bertz CT molecular complexity index is 651. The summed E-state index contributed by atoms with van der Waals surface area (Å²) in [6, 6.07) is 3.74. The second-order valence-corrected chi connectivity index (χ2v) is 6.32. The van der Waals surface area contributed by atoms with Crippen LogP contribution >= 0.6 is 0 Å². The van der Waals surface area contributed by atoms with Crippen molar-refractivity contribution in [2.24, 2.45) is 11.8 Å². The molecule has 2 saturated carbocycles. The van der Waals surface area contributed by atoms with Crippen LogP contribution in [0.3, 0.4) is 0 Å². The van der Waals surface area contributed by atoms with E-state index in [2.05, 4.69) is 10.3 Å². The fourth-order valence-electron chi connectivity index (χ4n) is 3.75. The highest BCUT2D eigenvalue weighted by Crippen LogP contribution is 2.44. The summed E-state index contributed by atoms with van der Waals surface area (Å²) in [5.41, 5.74) is 1.50. The number of carbonyl (C=O) groups is 1. The quantitative estimate of drug-likeness (QED) is 0.338. The minimum atomic E-state index is -0.279. The van der Waals surface area contributed by atoms with Gasteiger partial charge in [0.1, 0.15) is 0 Å². The molecule has 1 aromatic heterocycles. The molecule has 0 spiro atoms. The van der Waals surface area contributed by atoms with Crippen molar-refractivity contribution >= 4 is 17.7 Å². The molecule has 5 heteroatoms. The summed E-state index contributed by atoms with van der Waals surface area (Å²) >= 11 is 0. The standard InChI is InChI=1S/C18H21N3O2/c19-10-15(13-3-5-20-6-4-13)9-16(11-22)18(23)21-17-8-12-1-2-14(17)7-12/h3-6,9-12,14,17,19,22H,1-2,7-8H2,(H,21,23). The number of aromatic nitrogens is 1. The van der Waals surface area contributed by atoms with Crippen LogP contribution in [-0.2, 0) is 4.79 Å². The van der Waals surface area contributed by atoms with Gasteiger partial charge in [-0.15, -0.1) is 0 Å². The van der Waals surface area contributed by atoms with Crippen LogP contribution in [0.15, 0.2) is 42.4 Å². The zero-order valence-corrected chi connectivity index (χ0v) is 12.9. The molecule has 120 valence electrons. The van der Waals surface area contributed by atoms with Gasteiger partial charge >= 0.3 is 0 Å². The summed E-state index contributed by atoms with van der Waals surface area (Å²) in [4.78, 5) is 16.4. The third kappa shape index (κ3) is 3.33. The molecular formula is C18H21N3O2. The van der Waals surface area contributed by atoms with E-state index in [1.165, 1.54) is 31.6 Å². The number of carbonyl (C=O) groups excluding carboxylic acids is 1. The maximum atomic E-state index is 12.4. The lowest BCUT2D eigenvalue weighted by molar-refractivity contribution is -0.118. The number of aliphatic hydroxyl groups excluding tert-OH is 1. The third-order valence-electron chi connectivity index (χ3n) is 4.94. The Hall–Kier alpha value is -2.43. The Morgan fingerprint density at radius 2 is 2.09 bits per heavy atom. The lowest BCUT2D eigenvalue weighted by atomic mass is 9.95. The summed E-state index contributed by atoms with van der Waals surface area (Å²) in [6.07, 6.45) is 11.5. The molecule has 23 heavy (non-hydrogen) atoms. The van der Waals surface area contributed by atoms with Crippen LogP contribution in [0, 0.1) is 17.2 Å². The first-order valence-electron chi connectivity index (χ1n) is 7.99. The number of allylic oxidation sites excluding steroid dienone is 1. The summed E-state index contributed by atoms with van der Waals surface area (Å²) in [7, 11) is 0. The fourth-order valence-corrected chi connectivity index (χ4v) is 3.75. The van der Waals surface area contributed by atoms with Gasteiger partial charge in [0.25, 0.3) is 5.91 Å². The van der Waals surface area contributed by atoms with Crippen LogP contribution in [0.4, 0.5) is 0 Å². The molecule has 1 aromatic rings. The average molecular weight is 311 g/mol. The minimum Gasteiger partial charge on any atom is -0.515 e. The number of amides is 1. The molecule has 2 fully saturated rings. The SMILES string of the molecule is N=CC(=CC(=CO)C(=O)NC1CC2CCC1C2)c1ccncc1. The lowest BCUT2D eigenvalue weighted by Gasteiger charge is -2.23. The number of rotatable bonds is 5. The number of hydrogen-bond acceptors (Lipinski definition) is 4. The molecule has 2 aliphatic rings. The van der Waals surface area contributed by atoms with E-state index in [-0.39, 0.29) is 17.5 Å². The molecule has 3 N–H and O–H groups in total. The van der Waals surface area contributed by atoms with Gasteiger partial charge in [-0.1, -0.05) is 6.42 Å². The Kier molecular flexibility index (Phi) is 4.55. The van der Waals surface area contributed by atoms with Crippen LogP contribution in [0.25, 0.3) is 5.57 Å². The molecule has 0 aromatic carbocycles. The molecule has 3 atom stereocenters. The Balaban J connectivity index is 1.72. The normalized spacial score (nSPS) is 27.0. The maximum Gasteiger partial charge on any atom is 0.254 e. The topological polar surface area (TPSA) is 86.1 Å². The van der Waals surface area contributed by atoms with E-state index in [1.807, 2.05) is 0 Å². The van der Waals surface area contributed by atoms with Crippen molar-refractivity contribution in [3.05, 3.63) is 48.0 Å². The molecule has 1 amide bonds. The number of pyridine rings is 1. The van der Waals surface area contributed by atoms with Crippen molar-refractivity contribution in [1.82, 2.24) is 10.3 Å². The monoisotopic (exact) mass is 311 g/mol. The van der Waals surface area contributed by atoms with E-state index in [1.54, 1.807) is 24.5 Å². The summed E-state index contributed by atoms with van der Waals surface area (Å²) in [5, 5.41) is 20.0. The third-order valence-corrected chi connectivity index (χ3v) is 4.94. The van der Waals surface area contributed by atoms with Gasteiger partial charge in [-0.2, -0.15) is 0 Å². The van der Waals surface area contributed by atoms with E-state index in [9.17, 15) is 9.90 Å². The molecule has 0 radical (unpaired) electrons. The van der Waals surface area contributed by atoms with E-state index >= 15 is 0 Å². The van der Waals surface area contributed by atoms with Crippen LogP contribution < -0.4 is 5.32 Å². The van der Waals surface area contributed by atoms with Gasteiger partial charge in [0.05, 0.1) is 11.8 Å².